The number of carbonyl (C=O) groups is 1. The highest BCUT2D eigenvalue weighted by Gasteiger charge is 2.36. The fraction of sp³-hybridized carbons (Fsp3) is 0.611. The van der Waals surface area contributed by atoms with Gasteiger partial charge in [0.05, 0.1) is 19.1 Å². The molecule has 1 aromatic carbocycles. The summed E-state index contributed by atoms with van der Waals surface area (Å²) in [6.45, 7) is 5.53. The molecule has 2 fully saturated rings. The SMILES string of the molecule is COc1ccccc1C1CNCCN1C(=O)C1CCCNC1C. The minimum Gasteiger partial charge on any atom is -0.496 e. The van der Waals surface area contributed by atoms with Crippen molar-refractivity contribution in [1.29, 1.82) is 0 Å². The van der Waals surface area contributed by atoms with Crippen LogP contribution in [0, 0.1) is 5.92 Å². The van der Waals surface area contributed by atoms with Crippen molar-refractivity contribution >= 4 is 5.91 Å². The molecule has 0 aliphatic carbocycles. The van der Waals surface area contributed by atoms with Crippen molar-refractivity contribution < 1.29 is 9.53 Å². The molecule has 0 saturated carbocycles. The molecule has 0 aromatic heterocycles. The lowest BCUT2D eigenvalue weighted by atomic mass is 9.89. The third-order valence-electron chi connectivity index (χ3n) is 5.10. The van der Waals surface area contributed by atoms with Crippen LogP contribution in [0.25, 0.3) is 0 Å². The molecule has 0 bridgehead atoms. The van der Waals surface area contributed by atoms with Crippen LogP contribution < -0.4 is 15.4 Å². The van der Waals surface area contributed by atoms with E-state index in [4.69, 9.17) is 4.74 Å². The van der Waals surface area contributed by atoms with Gasteiger partial charge in [-0.15, -0.1) is 0 Å². The first-order chi connectivity index (χ1) is 11.2. The average Bonchev–Trinajstić information content (AvgIpc) is 2.61. The van der Waals surface area contributed by atoms with Crippen molar-refractivity contribution in [2.45, 2.75) is 31.8 Å². The predicted molar refractivity (Wildman–Crippen MR) is 90.5 cm³/mol. The van der Waals surface area contributed by atoms with Gasteiger partial charge in [-0.3, -0.25) is 4.79 Å². The normalized spacial score (nSPS) is 28.4. The summed E-state index contributed by atoms with van der Waals surface area (Å²) in [6, 6.07) is 8.32. The van der Waals surface area contributed by atoms with E-state index in [1.54, 1.807) is 7.11 Å². The molecule has 1 amide bonds. The van der Waals surface area contributed by atoms with Gasteiger partial charge in [-0.05, 0) is 32.4 Å². The molecular formula is C18H27N3O2. The quantitative estimate of drug-likeness (QED) is 0.888. The smallest absolute Gasteiger partial charge is 0.227 e. The lowest BCUT2D eigenvalue weighted by molar-refractivity contribution is -0.140. The Morgan fingerprint density at radius 1 is 1.30 bits per heavy atom. The Kier molecular flexibility index (Phi) is 5.18. The zero-order chi connectivity index (χ0) is 16.2. The molecule has 3 rings (SSSR count). The summed E-state index contributed by atoms with van der Waals surface area (Å²) in [5.74, 6) is 1.22. The summed E-state index contributed by atoms with van der Waals surface area (Å²) in [4.78, 5) is 15.2. The van der Waals surface area contributed by atoms with Gasteiger partial charge >= 0.3 is 0 Å². The van der Waals surface area contributed by atoms with E-state index in [9.17, 15) is 4.79 Å². The molecular weight excluding hydrogens is 290 g/mol. The zero-order valence-electron chi connectivity index (χ0n) is 14.0. The fourth-order valence-electron chi connectivity index (χ4n) is 3.78. The number of hydrogen-bond acceptors (Lipinski definition) is 4. The number of benzene rings is 1. The van der Waals surface area contributed by atoms with E-state index in [2.05, 4.69) is 28.5 Å². The topological polar surface area (TPSA) is 53.6 Å². The summed E-state index contributed by atoms with van der Waals surface area (Å²) < 4.78 is 5.52. The first-order valence-corrected chi connectivity index (χ1v) is 8.60. The number of para-hydroxylation sites is 1. The number of piperidine rings is 1. The Hall–Kier alpha value is -1.59. The average molecular weight is 317 g/mol. The van der Waals surface area contributed by atoms with E-state index in [-0.39, 0.29) is 23.9 Å². The minimum atomic E-state index is 0.0431. The van der Waals surface area contributed by atoms with Crippen LogP contribution in [-0.2, 0) is 4.79 Å². The molecule has 2 heterocycles. The maximum absolute atomic E-state index is 13.2. The number of piperazine rings is 1. The number of hydrogen-bond donors (Lipinski definition) is 2. The van der Waals surface area contributed by atoms with Gasteiger partial charge in [0.25, 0.3) is 0 Å². The molecule has 2 saturated heterocycles. The molecule has 0 spiro atoms. The maximum atomic E-state index is 13.2. The van der Waals surface area contributed by atoms with Crippen LogP contribution in [0.15, 0.2) is 24.3 Å². The van der Waals surface area contributed by atoms with Gasteiger partial charge in [-0.25, -0.2) is 0 Å². The molecule has 3 unspecified atom stereocenters. The van der Waals surface area contributed by atoms with E-state index in [1.807, 2.05) is 18.2 Å². The van der Waals surface area contributed by atoms with Crippen LogP contribution in [-0.4, -0.2) is 50.1 Å². The summed E-state index contributed by atoms with van der Waals surface area (Å²) in [6.07, 6.45) is 2.06. The standard InChI is InChI=1S/C18H27N3O2/c1-13-14(7-5-9-20-13)18(22)21-11-10-19-12-16(21)15-6-3-4-8-17(15)23-2/h3-4,6,8,13-14,16,19-20H,5,7,9-12H2,1-2H3. The Morgan fingerprint density at radius 2 is 2.13 bits per heavy atom. The fourth-order valence-corrected chi connectivity index (χ4v) is 3.78. The summed E-state index contributed by atoms with van der Waals surface area (Å²) >= 11 is 0. The number of methoxy groups -OCH3 is 1. The van der Waals surface area contributed by atoms with E-state index in [1.165, 1.54) is 0 Å². The maximum Gasteiger partial charge on any atom is 0.227 e. The monoisotopic (exact) mass is 317 g/mol. The number of nitrogens with one attached hydrogen (secondary N) is 2. The van der Waals surface area contributed by atoms with Crippen LogP contribution in [0.1, 0.15) is 31.4 Å². The number of amides is 1. The van der Waals surface area contributed by atoms with Gasteiger partial charge in [-0.1, -0.05) is 18.2 Å². The van der Waals surface area contributed by atoms with Crippen LogP contribution in [0.4, 0.5) is 0 Å². The first kappa shape index (κ1) is 16.3. The molecule has 126 valence electrons. The molecule has 5 heteroatoms. The van der Waals surface area contributed by atoms with E-state index < -0.39 is 0 Å². The Labute approximate surface area is 138 Å². The number of rotatable bonds is 3. The van der Waals surface area contributed by atoms with E-state index in [0.29, 0.717) is 0 Å². The highest BCUT2D eigenvalue weighted by molar-refractivity contribution is 5.80. The van der Waals surface area contributed by atoms with E-state index in [0.717, 1.165) is 50.3 Å². The van der Waals surface area contributed by atoms with Crippen LogP contribution >= 0.6 is 0 Å². The van der Waals surface area contributed by atoms with Crippen molar-refractivity contribution in [1.82, 2.24) is 15.5 Å². The molecule has 3 atom stereocenters. The zero-order valence-corrected chi connectivity index (χ0v) is 14.0. The second-order valence-corrected chi connectivity index (χ2v) is 6.49. The molecule has 5 nitrogen and oxygen atoms in total. The third-order valence-corrected chi connectivity index (χ3v) is 5.10. The number of carbonyl (C=O) groups excluding carboxylic acids is 1. The van der Waals surface area contributed by atoms with Crippen molar-refractivity contribution in [2.75, 3.05) is 33.3 Å². The Balaban J connectivity index is 1.85. The van der Waals surface area contributed by atoms with Crippen molar-refractivity contribution in [3.05, 3.63) is 29.8 Å². The third kappa shape index (κ3) is 3.35. The van der Waals surface area contributed by atoms with Gasteiger partial charge < -0.3 is 20.3 Å². The molecule has 0 radical (unpaired) electrons. The number of nitrogens with zero attached hydrogens (tertiary/aromatic N) is 1. The van der Waals surface area contributed by atoms with Gasteiger partial charge in [0.2, 0.25) is 5.91 Å². The van der Waals surface area contributed by atoms with Crippen molar-refractivity contribution in [3.8, 4) is 5.75 Å². The van der Waals surface area contributed by atoms with Gasteiger partial charge in [-0.2, -0.15) is 0 Å². The Bertz CT molecular complexity index is 549. The molecule has 2 aliphatic rings. The van der Waals surface area contributed by atoms with Crippen LogP contribution in [0.5, 0.6) is 5.75 Å². The highest BCUT2D eigenvalue weighted by atomic mass is 16.5. The van der Waals surface area contributed by atoms with E-state index >= 15 is 0 Å². The molecule has 1 aromatic rings. The van der Waals surface area contributed by atoms with Crippen LogP contribution in [0.3, 0.4) is 0 Å². The summed E-state index contributed by atoms with van der Waals surface area (Å²) in [7, 11) is 1.69. The minimum absolute atomic E-state index is 0.0431. The summed E-state index contributed by atoms with van der Waals surface area (Å²) in [5.41, 5.74) is 1.09. The Morgan fingerprint density at radius 3 is 2.91 bits per heavy atom. The summed E-state index contributed by atoms with van der Waals surface area (Å²) in [5, 5.41) is 6.86. The molecule has 2 N–H and O–H groups in total. The molecule has 23 heavy (non-hydrogen) atoms. The second-order valence-electron chi connectivity index (χ2n) is 6.49. The van der Waals surface area contributed by atoms with Gasteiger partial charge in [0.15, 0.2) is 0 Å². The van der Waals surface area contributed by atoms with Crippen molar-refractivity contribution in [2.24, 2.45) is 5.92 Å². The lowest BCUT2D eigenvalue weighted by Gasteiger charge is -2.41. The number of ether oxygens (including phenoxy) is 1. The highest BCUT2D eigenvalue weighted by Crippen LogP contribution is 2.32. The van der Waals surface area contributed by atoms with Gasteiger partial charge in [0, 0.05) is 31.2 Å². The first-order valence-electron chi connectivity index (χ1n) is 8.60. The largest absolute Gasteiger partial charge is 0.496 e. The van der Waals surface area contributed by atoms with Crippen molar-refractivity contribution in [3.63, 3.8) is 0 Å². The second kappa shape index (κ2) is 7.32. The van der Waals surface area contributed by atoms with Crippen LogP contribution in [0.2, 0.25) is 0 Å². The van der Waals surface area contributed by atoms with Gasteiger partial charge in [0.1, 0.15) is 5.75 Å². The lowest BCUT2D eigenvalue weighted by Crippen LogP contribution is -2.54. The predicted octanol–water partition coefficient (Wildman–Crippen LogP) is 1.56. The molecule has 2 aliphatic heterocycles.